The smallest absolute Gasteiger partial charge is 0.0595 e. The first-order chi connectivity index (χ1) is 7.20. The van der Waals surface area contributed by atoms with E-state index < -0.39 is 0 Å². The Bertz CT molecular complexity index is 314. The van der Waals surface area contributed by atoms with Crippen molar-refractivity contribution in [2.75, 3.05) is 6.54 Å². The van der Waals surface area contributed by atoms with E-state index in [0.717, 1.165) is 28.9 Å². The highest BCUT2D eigenvalue weighted by atomic mass is 79.9. The van der Waals surface area contributed by atoms with Gasteiger partial charge in [-0.05, 0) is 46.9 Å². The second kappa shape index (κ2) is 6.51. The lowest BCUT2D eigenvalue weighted by Gasteiger charge is -2.18. The minimum atomic E-state index is 0.356. The Kier molecular flexibility index (Phi) is 5.65. The summed E-state index contributed by atoms with van der Waals surface area (Å²) in [6, 6.07) is 6.44. The van der Waals surface area contributed by atoms with Crippen molar-refractivity contribution in [3.05, 3.63) is 33.3 Å². The van der Waals surface area contributed by atoms with E-state index in [2.05, 4.69) is 41.2 Å². The summed E-state index contributed by atoms with van der Waals surface area (Å²) in [5.41, 5.74) is 1.18. The molecule has 0 bridgehead atoms. The van der Waals surface area contributed by atoms with Crippen LogP contribution < -0.4 is 5.32 Å². The molecular weight excluding hydrogens is 273 g/mol. The highest BCUT2D eigenvalue weighted by Gasteiger charge is 2.13. The number of hydrogen-bond donors (Lipinski definition) is 1. The predicted molar refractivity (Wildman–Crippen MR) is 70.5 cm³/mol. The highest BCUT2D eigenvalue weighted by Crippen LogP contribution is 2.31. The minimum Gasteiger partial charge on any atom is -0.310 e. The molecule has 0 heterocycles. The van der Waals surface area contributed by atoms with Crippen LogP contribution in [-0.4, -0.2) is 6.54 Å². The molecule has 15 heavy (non-hydrogen) atoms. The minimum absolute atomic E-state index is 0.356. The molecule has 0 aromatic heterocycles. The maximum atomic E-state index is 6.26. The van der Waals surface area contributed by atoms with Crippen LogP contribution in [0.3, 0.4) is 0 Å². The molecule has 0 spiro atoms. The van der Waals surface area contributed by atoms with E-state index in [1.807, 2.05) is 12.1 Å². The van der Waals surface area contributed by atoms with Gasteiger partial charge in [-0.3, -0.25) is 0 Å². The second-order valence-electron chi connectivity index (χ2n) is 3.56. The van der Waals surface area contributed by atoms with Crippen molar-refractivity contribution in [2.45, 2.75) is 32.7 Å². The number of halogens is 2. The van der Waals surface area contributed by atoms with E-state index in [0.29, 0.717) is 6.04 Å². The van der Waals surface area contributed by atoms with Gasteiger partial charge in [-0.15, -0.1) is 0 Å². The van der Waals surface area contributed by atoms with Gasteiger partial charge in [0.2, 0.25) is 0 Å². The molecule has 1 aromatic rings. The van der Waals surface area contributed by atoms with Crippen molar-refractivity contribution < 1.29 is 0 Å². The summed E-state index contributed by atoms with van der Waals surface area (Å²) in [5, 5.41) is 4.32. The first-order valence-corrected chi connectivity index (χ1v) is 6.55. The van der Waals surface area contributed by atoms with Crippen LogP contribution in [0.25, 0.3) is 0 Å². The van der Waals surface area contributed by atoms with Crippen LogP contribution in [0.1, 0.15) is 38.3 Å². The van der Waals surface area contributed by atoms with Gasteiger partial charge in [0.1, 0.15) is 0 Å². The molecule has 0 radical (unpaired) electrons. The van der Waals surface area contributed by atoms with E-state index in [1.54, 1.807) is 0 Å². The van der Waals surface area contributed by atoms with Crippen molar-refractivity contribution >= 4 is 27.5 Å². The Morgan fingerprint density at radius 2 is 2.13 bits per heavy atom. The molecule has 1 rings (SSSR count). The van der Waals surface area contributed by atoms with Crippen molar-refractivity contribution in [3.8, 4) is 0 Å². The van der Waals surface area contributed by atoms with Gasteiger partial charge in [0, 0.05) is 10.5 Å². The van der Waals surface area contributed by atoms with Gasteiger partial charge in [-0.25, -0.2) is 0 Å². The van der Waals surface area contributed by atoms with Crippen LogP contribution in [0.15, 0.2) is 22.7 Å². The molecule has 1 atom stereocenters. The maximum Gasteiger partial charge on any atom is 0.0595 e. The van der Waals surface area contributed by atoms with Gasteiger partial charge in [-0.1, -0.05) is 37.6 Å². The van der Waals surface area contributed by atoms with E-state index in [9.17, 15) is 0 Å². The molecule has 1 aromatic carbocycles. The van der Waals surface area contributed by atoms with E-state index in [4.69, 9.17) is 11.6 Å². The quantitative estimate of drug-likeness (QED) is 0.838. The molecule has 0 saturated heterocycles. The SMILES string of the molecule is CCCNC(CC)c1cccc(Br)c1Cl. The third-order valence-corrected chi connectivity index (χ3v) is 3.72. The molecule has 0 fully saturated rings. The van der Waals surface area contributed by atoms with Crippen LogP contribution in [0, 0.1) is 0 Å². The van der Waals surface area contributed by atoms with Gasteiger partial charge in [-0.2, -0.15) is 0 Å². The highest BCUT2D eigenvalue weighted by molar-refractivity contribution is 9.10. The van der Waals surface area contributed by atoms with Gasteiger partial charge in [0.25, 0.3) is 0 Å². The normalized spacial score (nSPS) is 12.8. The summed E-state index contributed by atoms with van der Waals surface area (Å²) in [6.07, 6.45) is 2.19. The van der Waals surface area contributed by atoms with E-state index in [1.165, 1.54) is 5.56 Å². The predicted octanol–water partition coefficient (Wildman–Crippen LogP) is 4.55. The zero-order valence-corrected chi connectivity index (χ0v) is 11.5. The summed E-state index contributed by atoms with van der Waals surface area (Å²) in [7, 11) is 0. The first-order valence-electron chi connectivity index (χ1n) is 5.38. The van der Waals surface area contributed by atoms with Crippen molar-refractivity contribution in [1.82, 2.24) is 5.32 Å². The summed E-state index contributed by atoms with van der Waals surface area (Å²) in [4.78, 5) is 0. The fourth-order valence-corrected chi connectivity index (χ4v) is 2.22. The molecule has 0 amide bonds. The summed E-state index contributed by atoms with van der Waals surface area (Å²) >= 11 is 9.71. The molecule has 84 valence electrons. The average Bonchev–Trinajstić information content (AvgIpc) is 2.25. The number of benzene rings is 1. The van der Waals surface area contributed by atoms with Gasteiger partial charge in [0.05, 0.1) is 5.02 Å². The Hall–Kier alpha value is -0.0500. The fraction of sp³-hybridized carbons (Fsp3) is 0.500. The van der Waals surface area contributed by atoms with Gasteiger partial charge >= 0.3 is 0 Å². The number of hydrogen-bond acceptors (Lipinski definition) is 1. The monoisotopic (exact) mass is 289 g/mol. The Labute approximate surface area is 105 Å². The van der Waals surface area contributed by atoms with Crippen LogP contribution in [0.4, 0.5) is 0 Å². The average molecular weight is 291 g/mol. The molecule has 3 heteroatoms. The molecule has 1 unspecified atom stereocenters. The summed E-state index contributed by atoms with van der Waals surface area (Å²) in [5.74, 6) is 0. The Balaban J connectivity index is 2.86. The lowest BCUT2D eigenvalue weighted by atomic mass is 10.0. The van der Waals surface area contributed by atoms with Crippen LogP contribution >= 0.6 is 27.5 Å². The van der Waals surface area contributed by atoms with Gasteiger partial charge < -0.3 is 5.32 Å². The Morgan fingerprint density at radius 3 is 2.73 bits per heavy atom. The first kappa shape index (κ1) is 13.0. The molecule has 1 nitrogen and oxygen atoms in total. The van der Waals surface area contributed by atoms with Crippen LogP contribution in [0.5, 0.6) is 0 Å². The molecule has 1 N–H and O–H groups in total. The van der Waals surface area contributed by atoms with Gasteiger partial charge in [0.15, 0.2) is 0 Å². The maximum absolute atomic E-state index is 6.26. The van der Waals surface area contributed by atoms with E-state index >= 15 is 0 Å². The lowest BCUT2D eigenvalue weighted by Crippen LogP contribution is -2.21. The molecule has 0 aliphatic carbocycles. The number of rotatable bonds is 5. The van der Waals surface area contributed by atoms with Crippen LogP contribution in [0.2, 0.25) is 5.02 Å². The zero-order valence-electron chi connectivity index (χ0n) is 9.19. The standard InChI is InChI=1S/C12H17BrClN/c1-3-8-15-11(4-2)9-6-5-7-10(13)12(9)14/h5-7,11,15H,3-4,8H2,1-2H3. The largest absolute Gasteiger partial charge is 0.310 e. The second-order valence-corrected chi connectivity index (χ2v) is 4.79. The Morgan fingerprint density at radius 1 is 1.40 bits per heavy atom. The lowest BCUT2D eigenvalue weighted by molar-refractivity contribution is 0.518. The third kappa shape index (κ3) is 3.47. The number of nitrogens with one attached hydrogen (secondary N) is 1. The van der Waals surface area contributed by atoms with Crippen molar-refractivity contribution in [1.29, 1.82) is 0 Å². The van der Waals surface area contributed by atoms with Crippen molar-refractivity contribution in [2.24, 2.45) is 0 Å². The molecule has 0 aliphatic heterocycles. The van der Waals surface area contributed by atoms with Crippen LogP contribution in [-0.2, 0) is 0 Å². The molecular formula is C12H17BrClN. The zero-order chi connectivity index (χ0) is 11.3. The summed E-state index contributed by atoms with van der Waals surface area (Å²) in [6.45, 7) is 5.37. The van der Waals surface area contributed by atoms with Crippen molar-refractivity contribution in [3.63, 3.8) is 0 Å². The van der Waals surface area contributed by atoms with E-state index in [-0.39, 0.29) is 0 Å². The molecule has 0 saturated carbocycles. The summed E-state index contributed by atoms with van der Waals surface area (Å²) < 4.78 is 0.971. The fourth-order valence-electron chi connectivity index (χ4n) is 1.58. The molecule has 0 aliphatic rings. The third-order valence-electron chi connectivity index (χ3n) is 2.41. The topological polar surface area (TPSA) is 12.0 Å².